The molecule has 0 aliphatic heterocycles. The summed E-state index contributed by atoms with van der Waals surface area (Å²) < 4.78 is 5.08. The monoisotopic (exact) mass is 234 g/mol. The molecule has 6 nitrogen and oxygen atoms in total. The molecular weight excluding hydrogens is 216 g/mol. The van der Waals surface area contributed by atoms with Gasteiger partial charge in [-0.3, -0.25) is 9.59 Å². The topological polar surface area (TPSA) is 104 Å². The lowest BCUT2D eigenvalue weighted by Gasteiger charge is -2.14. The molecule has 2 atom stereocenters. The molecule has 0 saturated heterocycles. The minimum absolute atomic E-state index is 0.0404. The Balaban J connectivity index is 3.56. The fourth-order valence-electron chi connectivity index (χ4n) is 1.21. The molecule has 0 saturated carbocycles. The van der Waals surface area contributed by atoms with E-state index in [0.717, 1.165) is 0 Å². The minimum atomic E-state index is -1.05. The summed E-state index contributed by atoms with van der Waals surface area (Å²) in [5, 5.41) is 26.2. The second-order valence-electron chi connectivity index (χ2n) is 3.58. The normalized spacial score (nSPS) is 14.4. The molecule has 0 bridgehead atoms. The molecule has 0 aromatic carbocycles. The maximum absolute atomic E-state index is 10.7. The maximum Gasteiger partial charge on any atom is 0.309 e. The number of hydrogen-bond acceptors (Lipinski definition) is 4. The van der Waals surface area contributed by atoms with Gasteiger partial charge in [-0.1, -0.05) is 0 Å². The van der Waals surface area contributed by atoms with Crippen molar-refractivity contribution >= 4 is 11.9 Å². The summed E-state index contributed by atoms with van der Waals surface area (Å²) in [5.74, 6) is -2.76. The van der Waals surface area contributed by atoms with Crippen molar-refractivity contribution in [1.29, 1.82) is 0 Å². The molecule has 0 aromatic heterocycles. The number of rotatable bonds is 9. The molecule has 16 heavy (non-hydrogen) atoms. The van der Waals surface area contributed by atoms with E-state index in [-0.39, 0.29) is 19.4 Å². The van der Waals surface area contributed by atoms with Crippen molar-refractivity contribution in [3.63, 3.8) is 0 Å². The summed E-state index contributed by atoms with van der Waals surface area (Å²) in [5.41, 5.74) is 0. The van der Waals surface area contributed by atoms with E-state index in [1.54, 1.807) is 0 Å². The summed E-state index contributed by atoms with van der Waals surface area (Å²) in [7, 11) is 0. The molecule has 0 aliphatic rings. The molecule has 0 rings (SSSR count). The van der Waals surface area contributed by atoms with E-state index in [2.05, 4.69) is 0 Å². The number of aliphatic carboxylic acids is 2. The average molecular weight is 234 g/mol. The molecule has 0 amide bonds. The summed E-state index contributed by atoms with van der Waals surface area (Å²) in [6.07, 6.45) is -0.249. The fraction of sp³-hybridized carbons (Fsp3) is 0.800. The van der Waals surface area contributed by atoms with Crippen LogP contribution in [0.5, 0.6) is 0 Å². The molecule has 94 valence electrons. The predicted molar refractivity (Wildman–Crippen MR) is 55.1 cm³/mol. The first-order valence-corrected chi connectivity index (χ1v) is 5.15. The zero-order chi connectivity index (χ0) is 12.6. The Morgan fingerprint density at radius 2 is 1.88 bits per heavy atom. The van der Waals surface area contributed by atoms with Crippen molar-refractivity contribution in [3.8, 4) is 0 Å². The molecule has 0 heterocycles. The number of aliphatic hydroxyl groups is 1. The number of ether oxygens (including phenoxy) is 1. The van der Waals surface area contributed by atoms with Crippen molar-refractivity contribution in [3.05, 3.63) is 0 Å². The third-order valence-electron chi connectivity index (χ3n) is 2.15. The van der Waals surface area contributed by atoms with Gasteiger partial charge in [0, 0.05) is 19.6 Å². The van der Waals surface area contributed by atoms with Crippen LogP contribution in [0.4, 0.5) is 0 Å². The predicted octanol–water partition coefficient (Wildman–Crippen LogP) is 0.339. The molecule has 2 unspecified atom stereocenters. The number of hydrogen-bond donors (Lipinski definition) is 3. The molecular formula is C10H18O6. The Morgan fingerprint density at radius 1 is 1.25 bits per heavy atom. The summed E-state index contributed by atoms with van der Waals surface area (Å²) in [6, 6.07) is 0. The van der Waals surface area contributed by atoms with Crippen molar-refractivity contribution in [2.75, 3.05) is 13.2 Å². The second kappa shape index (κ2) is 8.06. The van der Waals surface area contributed by atoms with Crippen LogP contribution in [-0.2, 0) is 14.3 Å². The zero-order valence-electron chi connectivity index (χ0n) is 9.26. The first-order valence-electron chi connectivity index (χ1n) is 5.15. The number of carboxylic acids is 2. The number of carboxylic acid groups (broad SMARTS) is 2. The van der Waals surface area contributed by atoms with Crippen molar-refractivity contribution in [2.45, 2.75) is 32.3 Å². The van der Waals surface area contributed by atoms with Gasteiger partial charge in [0.15, 0.2) is 0 Å². The molecule has 3 N–H and O–H groups in total. The Morgan fingerprint density at radius 3 is 2.31 bits per heavy atom. The lowest BCUT2D eigenvalue weighted by Crippen LogP contribution is -2.27. The van der Waals surface area contributed by atoms with E-state index in [4.69, 9.17) is 20.1 Å². The summed E-state index contributed by atoms with van der Waals surface area (Å²) in [6.45, 7) is 1.92. The molecule has 0 radical (unpaired) electrons. The quantitative estimate of drug-likeness (QED) is 0.497. The SMILES string of the molecule is CC(O)C(CCOCCCC(=O)O)C(=O)O. The number of aliphatic hydroxyl groups excluding tert-OH is 1. The van der Waals surface area contributed by atoms with Crippen molar-refractivity contribution in [2.24, 2.45) is 5.92 Å². The van der Waals surface area contributed by atoms with Gasteiger partial charge >= 0.3 is 11.9 Å². The van der Waals surface area contributed by atoms with Gasteiger partial charge in [-0.15, -0.1) is 0 Å². The average Bonchev–Trinajstić information content (AvgIpc) is 2.14. The highest BCUT2D eigenvalue weighted by molar-refractivity contribution is 5.70. The molecule has 0 fully saturated rings. The van der Waals surface area contributed by atoms with Crippen LogP contribution < -0.4 is 0 Å². The van der Waals surface area contributed by atoms with Gasteiger partial charge < -0.3 is 20.1 Å². The fourth-order valence-corrected chi connectivity index (χ4v) is 1.21. The lowest BCUT2D eigenvalue weighted by atomic mass is 10.0. The van der Waals surface area contributed by atoms with E-state index >= 15 is 0 Å². The largest absolute Gasteiger partial charge is 0.481 e. The zero-order valence-corrected chi connectivity index (χ0v) is 9.26. The van der Waals surface area contributed by atoms with Gasteiger partial charge in [0.1, 0.15) is 0 Å². The molecule has 0 aromatic rings. The van der Waals surface area contributed by atoms with Gasteiger partial charge in [-0.05, 0) is 19.8 Å². The van der Waals surface area contributed by atoms with Gasteiger partial charge in [0.2, 0.25) is 0 Å². The standard InChI is InChI=1S/C10H18O6/c1-7(11)8(10(14)15)4-6-16-5-2-3-9(12)13/h7-8,11H,2-6H2,1H3,(H,12,13)(H,14,15). The smallest absolute Gasteiger partial charge is 0.309 e. The summed E-state index contributed by atoms with van der Waals surface area (Å²) in [4.78, 5) is 20.8. The highest BCUT2D eigenvalue weighted by atomic mass is 16.5. The Kier molecular flexibility index (Phi) is 7.49. The Hall–Kier alpha value is -1.14. The van der Waals surface area contributed by atoms with Crippen LogP contribution in [0.1, 0.15) is 26.2 Å². The maximum atomic E-state index is 10.7. The highest BCUT2D eigenvalue weighted by Crippen LogP contribution is 2.09. The van der Waals surface area contributed by atoms with E-state index in [1.807, 2.05) is 0 Å². The van der Waals surface area contributed by atoms with E-state index in [1.165, 1.54) is 6.92 Å². The van der Waals surface area contributed by atoms with Gasteiger partial charge in [-0.25, -0.2) is 0 Å². The lowest BCUT2D eigenvalue weighted by molar-refractivity contribution is -0.146. The van der Waals surface area contributed by atoms with E-state index in [0.29, 0.717) is 13.0 Å². The van der Waals surface area contributed by atoms with Crippen LogP contribution >= 0.6 is 0 Å². The Bertz CT molecular complexity index is 225. The van der Waals surface area contributed by atoms with Gasteiger partial charge in [0.05, 0.1) is 12.0 Å². The Labute approximate surface area is 93.8 Å². The van der Waals surface area contributed by atoms with Gasteiger partial charge in [0.25, 0.3) is 0 Å². The van der Waals surface area contributed by atoms with Crippen LogP contribution in [0.3, 0.4) is 0 Å². The van der Waals surface area contributed by atoms with E-state index in [9.17, 15) is 9.59 Å². The van der Waals surface area contributed by atoms with Crippen LogP contribution in [0.25, 0.3) is 0 Å². The first kappa shape index (κ1) is 14.9. The first-order chi connectivity index (χ1) is 7.45. The second-order valence-corrected chi connectivity index (χ2v) is 3.58. The van der Waals surface area contributed by atoms with Gasteiger partial charge in [-0.2, -0.15) is 0 Å². The van der Waals surface area contributed by atoms with Crippen LogP contribution in [0, 0.1) is 5.92 Å². The third kappa shape index (κ3) is 7.19. The summed E-state index contributed by atoms with van der Waals surface area (Å²) >= 11 is 0. The van der Waals surface area contributed by atoms with Crippen LogP contribution in [0.15, 0.2) is 0 Å². The highest BCUT2D eigenvalue weighted by Gasteiger charge is 2.22. The minimum Gasteiger partial charge on any atom is -0.481 e. The van der Waals surface area contributed by atoms with Crippen molar-refractivity contribution < 1.29 is 29.6 Å². The van der Waals surface area contributed by atoms with Crippen molar-refractivity contribution in [1.82, 2.24) is 0 Å². The van der Waals surface area contributed by atoms with Crippen LogP contribution in [-0.4, -0.2) is 46.6 Å². The van der Waals surface area contributed by atoms with E-state index < -0.39 is 24.0 Å². The molecule has 0 aliphatic carbocycles. The molecule has 6 heteroatoms. The molecule has 0 spiro atoms. The number of carbonyl (C=O) groups is 2. The van der Waals surface area contributed by atoms with Crippen LogP contribution in [0.2, 0.25) is 0 Å². The third-order valence-corrected chi connectivity index (χ3v) is 2.15.